The summed E-state index contributed by atoms with van der Waals surface area (Å²) in [5.74, 6) is 0.631. The molecule has 1 heterocycles. The Kier molecular flexibility index (Phi) is 4.58. The quantitative estimate of drug-likeness (QED) is 0.203. The average Bonchev–Trinajstić information content (AvgIpc) is 2.91. The Balaban J connectivity index is 1.37. The molecule has 0 radical (unpaired) electrons. The predicted octanol–water partition coefficient (Wildman–Crippen LogP) is 7.94. The summed E-state index contributed by atoms with van der Waals surface area (Å²) in [6.45, 7) is 0. The summed E-state index contributed by atoms with van der Waals surface area (Å²) in [4.78, 5) is 9.50. The van der Waals surface area contributed by atoms with E-state index in [9.17, 15) is 0 Å². The highest BCUT2D eigenvalue weighted by Crippen LogP contribution is 2.32. The van der Waals surface area contributed by atoms with E-state index in [4.69, 9.17) is 16.6 Å². The van der Waals surface area contributed by atoms with Crippen molar-refractivity contribution in [2.45, 2.75) is 6.17 Å². The number of nitrogens with one attached hydrogen (secondary N) is 1. The van der Waals surface area contributed by atoms with E-state index in [1.807, 2.05) is 12.1 Å². The maximum absolute atomic E-state index is 6.46. The molecule has 7 rings (SSSR count). The van der Waals surface area contributed by atoms with Gasteiger partial charge in [0.1, 0.15) is 6.17 Å². The van der Waals surface area contributed by atoms with Crippen molar-refractivity contribution in [1.29, 1.82) is 0 Å². The molecule has 166 valence electrons. The van der Waals surface area contributed by atoms with Crippen molar-refractivity contribution in [3.8, 4) is 0 Å². The van der Waals surface area contributed by atoms with Gasteiger partial charge in [0.2, 0.25) is 0 Å². The Bertz CT molecular complexity index is 1850. The van der Waals surface area contributed by atoms with Crippen LogP contribution in [-0.2, 0) is 0 Å². The fraction of sp³-hybridized carbons (Fsp3) is 0.0323. The van der Waals surface area contributed by atoms with Crippen molar-refractivity contribution in [2.75, 3.05) is 0 Å². The van der Waals surface area contributed by atoms with E-state index in [1.165, 1.54) is 43.1 Å². The fourth-order valence-electron chi connectivity index (χ4n) is 5.05. The monoisotopic (exact) mass is 469 g/mol. The molecular formula is C31H20ClN3. The normalized spacial score (nSPS) is 15.9. The molecule has 0 bridgehead atoms. The molecule has 0 aliphatic carbocycles. The summed E-state index contributed by atoms with van der Waals surface area (Å²) in [6.07, 6.45) is -0.299. The minimum absolute atomic E-state index is 0.299. The molecule has 0 aromatic heterocycles. The maximum atomic E-state index is 6.46. The third-order valence-electron chi connectivity index (χ3n) is 6.80. The Hall–Kier alpha value is -4.21. The molecule has 6 aromatic carbocycles. The van der Waals surface area contributed by atoms with Gasteiger partial charge in [-0.05, 0) is 72.4 Å². The van der Waals surface area contributed by atoms with E-state index in [0.29, 0.717) is 11.1 Å². The van der Waals surface area contributed by atoms with Crippen LogP contribution in [0, 0.1) is 0 Å². The molecule has 1 aliphatic heterocycles. The first kappa shape index (κ1) is 20.2. The number of benzene rings is 6. The third-order valence-corrected chi connectivity index (χ3v) is 7.00. The van der Waals surface area contributed by atoms with Crippen LogP contribution < -0.4 is 5.32 Å². The van der Waals surface area contributed by atoms with Crippen LogP contribution in [0.15, 0.2) is 119 Å². The molecule has 1 unspecified atom stereocenters. The second-order valence-electron chi connectivity index (χ2n) is 8.89. The van der Waals surface area contributed by atoms with Crippen LogP contribution >= 0.6 is 11.6 Å². The number of halogens is 1. The van der Waals surface area contributed by atoms with E-state index < -0.39 is 0 Å². The number of fused-ring (bicyclic) bond motifs is 6. The van der Waals surface area contributed by atoms with Crippen molar-refractivity contribution < 1.29 is 0 Å². The van der Waals surface area contributed by atoms with E-state index in [1.54, 1.807) is 0 Å². The number of aliphatic imine (C=N–C) groups is 2. The molecule has 35 heavy (non-hydrogen) atoms. The zero-order valence-electron chi connectivity index (χ0n) is 18.7. The molecule has 0 spiro atoms. The van der Waals surface area contributed by atoms with Gasteiger partial charge in [-0.3, -0.25) is 0 Å². The van der Waals surface area contributed by atoms with Gasteiger partial charge in [0.05, 0.1) is 0 Å². The minimum atomic E-state index is -0.299. The summed E-state index contributed by atoms with van der Waals surface area (Å²) in [7, 11) is 0. The number of rotatable bonds is 2. The lowest BCUT2D eigenvalue weighted by Crippen LogP contribution is -2.29. The molecule has 1 N–H and O–H groups in total. The van der Waals surface area contributed by atoms with Crippen molar-refractivity contribution >= 4 is 65.8 Å². The minimum Gasteiger partial charge on any atom is -0.335 e. The van der Waals surface area contributed by atoms with Gasteiger partial charge in [-0.15, -0.1) is 0 Å². The number of nitrogens with zero attached hydrogens (tertiary/aromatic N) is 2. The van der Waals surface area contributed by atoms with E-state index in [0.717, 1.165) is 11.1 Å². The molecular weight excluding hydrogens is 450 g/mol. The van der Waals surface area contributed by atoms with E-state index >= 15 is 0 Å². The average molecular weight is 470 g/mol. The lowest BCUT2D eigenvalue weighted by Gasteiger charge is -2.21. The van der Waals surface area contributed by atoms with Crippen molar-refractivity contribution in [2.24, 2.45) is 9.98 Å². The number of amidine groups is 2. The van der Waals surface area contributed by atoms with Crippen molar-refractivity contribution in [1.82, 2.24) is 5.32 Å². The lowest BCUT2D eigenvalue weighted by atomic mass is 9.96. The molecule has 0 saturated carbocycles. The van der Waals surface area contributed by atoms with Crippen LogP contribution in [0.4, 0.5) is 0 Å². The Morgan fingerprint density at radius 2 is 1.23 bits per heavy atom. The van der Waals surface area contributed by atoms with Crippen LogP contribution in [0.3, 0.4) is 0 Å². The van der Waals surface area contributed by atoms with Crippen LogP contribution in [0.2, 0.25) is 0 Å². The second kappa shape index (κ2) is 7.93. The molecule has 1 atom stereocenters. The first-order valence-corrected chi connectivity index (χ1v) is 12.0. The fourth-order valence-corrected chi connectivity index (χ4v) is 5.24. The molecule has 4 heteroatoms. The van der Waals surface area contributed by atoms with Crippen LogP contribution in [0.5, 0.6) is 0 Å². The first-order valence-electron chi connectivity index (χ1n) is 11.6. The van der Waals surface area contributed by atoms with Crippen molar-refractivity contribution in [3.63, 3.8) is 0 Å². The summed E-state index contributed by atoms with van der Waals surface area (Å²) in [6, 6.07) is 38.4. The molecule has 0 fully saturated rings. The van der Waals surface area contributed by atoms with Gasteiger partial charge in [-0.1, -0.05) is 97.1 Å². The number of hydrogen-bond acceptors (Lipinski definition) is 3. The Morgan fingerprint density at radius 3 is 2.09 bits per heavy atom. The van der Waals surface area contributed by atoms with Crippen LogP contribution in [0.25, 0.3) is 43.1 Å². The Labute approximate surface area is 207 Å². The van der Waals surface area contributed by atoms with Crippen LogP contribution in [0.1, 0.15) is 17.3 Å². The molecule has 3 nitrogen and oxygen atoms in total. The van der Waals surface area contributed by atoms with E-state index in [-0.39, 0.29) is 6.17 Å². The van der Waals surface area contributed by atoms with Gasteiger partial charge in [0, 0.05) is 5.56 Å². The van der Waals surface area contributed by atoms with Gasteiger partial charge in [-0.25, -0.2) is 9.98 Å². The van der Waals surface area contributed by atoms with Gasteiger partial charge in [-0.2, -0.15) is 0 Å². The Morgan fingerprint density at radius 1 is 0.571 bits per heavy atom. The lowest BCUT2D eigenvalue weighted by molar-refractivity contribution is 0.681. The summed E-state index contributed by atoms with van der Waals surface area (Å²) in [5, 5.41) is 13.3. The second-order valence-corrected chi connectivity index (χ2v) is 9.25. The SMILES string of the molecule is ClC1=NC(c2ccc3ccc4c5ccccc5ccc4c3c2)=NC(c2ccc3ccccc3c2)N1. The zero-order chi connectivity index (χ0) is 23.4. The van der Waals surface area contributed by atoms with E-state index in [2.05, 4.69) is 107 Å². The highest BCUT2D eigenvalue weighted by molar-refractivity contribution is 6.65. The topological polar surface area (TPSA) is 36.8 Å². The van der Waals surface area contributed by atoms with Gasteiger partial charge in [0.15, 0.2) is 11.1 Å². The smallest absolute Gasteiger partial charge is 0.199 e. The third kappa shape index (κ3) is 3.44. The van der Waals surface area contributed by atoms with Crippen LogP contribution in [-0.4, -0.2) is 11.1 Å². The zero-order valence-corrected chi connectivity index (χ0v) is 19.5. The standard InChI is InChI=1S/C31H20ClN3/c32-31-34-29(23-11-9-19-5-1-2-7-22(19)17-23)33-30(35-31)24-12-10-21-14-15-26-25-8-4-3-6-20(25)13-16-27(26)28(21)18-24/h1-18,29H,(H,33,34,35). The highest BCUT2D eigenvalue weighted by Gasteiger charge is 2.19. The van der Waals surface area contributed by atoms with Crippen molar-refractivity contribution in [3.05, 3.63) is 120 Å². The molecule has 6 aromatic rings. The van der Waals surface area contributed by atoms with Gasteiger partial charge >= 0.3 is 0 Å². The van der Waals surface area contributed by atoms with Gasteiger partial charge in [0.25, 0.3) is 0 Å². The molecule has 0 amide bonds. The molecule has 0 saturated heterocycles. The predicted molar refractivity (Wildman–Crippen MR) is 149 cm³/mol. The first-order chi connectivity index (χ1) is 17.2. The van der Waals surface area contributed by atoms with Gasteiger partial charge < -0.3 is 5.32 Å². The maximum Gasteiger partial charge on any atom is 0.199 e. The summed E-state index contributed by atoms with van der Waals surface area (Å²) < 4.78 is 0. The largest absolute Gasteiger partial charge is 0.335 e. The highest BCUT2D eigenvalue weighted by atomic mass is 35.5. The summed E-state index contributed by atoms with van der Waals surface area (Å²) >= 11 is 6.46. The number of hydrogen-bond donors (Lipinski definition) is 1. The summed E-state index contributed by atoms with van der Waals surface area (Å²) in [5.41, 5.74) is 2.00. The molecule has 1 aliphatic rings.